The monoisotopic (exact) mass is 265 g/mol. The Balaban J connectivity index is 1.77. The molecule has 0 bridgehead atoms. The van der Waals surface area contributed by atoms with Crippen LogP contribution < -0.4 is 5.73 Å². The average molecular weight is 265 g/mol. The smallest absolute Gasteiger partial charge is 0.0636 e. The van der Waals surface area contributed by atoms with E-state index in [9.17, 15) is 5.11 Å². The Morgan fingerprint density at radius 2 is 2.11 bits per heavy atom. The van der Waals surface area contributed by atoms with E-state index in [1.54, 1.807) is 11.8 Å². The molecule has 3 N–H and O–H groups in total. The van der Waals surface area contributed by atoms with Gasteiger partial charge >= 0.3 is 0 Å². The van der Waals surface area contributed by atoms with Crippen molar-refractivity contribution in [2.75, 3.05) is 11.5 Å². The SMILES string of the molecule is Cc1cc(SCC(O)CC2CCCC2)ccc1N. The molecular formula is C15H23NOS. The summed E-state index contributed by atoms with van der Waals surface area (Å²) < 4.78 is 0. The average Bonchev–Trinajstić information content (AvgIpc) is 2.83. The van der Waals surface area contributed by atoms with Crippen LogP contribution in [0.5, 0.6) is 0 Å². The lowest BCUT2D eigenvalue weighted by atomic mass is 10.0. The maximum absolute atomic E-state index is 10.0. The van der Waals surface area contributed by atoms with Gasteiger partial charge in [0.05, 0.1) is 6.10 Å². The van der Waals surface area contributed by atoms with Gasteiger partial charge in [0.2, 0.25) is 0 Å². The first kappa shape index (κ1) is 13.8. The largest absolute Gasteiger partial charge is 0.399 e. The minimum absolute atomic E-state index is 0.170. The normalized spacial score (nSPS) is 18.1. The number of benzene rings is 1. The quantitative estimate of drug-likeness (QED) is 0.631. The first-order valence-corrected chi connectivity index (χ1v) is 7.80. The second-order valence-electron chi connectivity index (χ2n) is 5.37. The maximum Gasteiger partial charge on any atom is 0.0636 e. The van der Waals surface area contributed by atoms with E-state index in [4.69, 9.17) is 5.73 Å². The highest BCUT2D eigenvalue weighted by Gasteiger charge is 2.18. The van der Waals surface area contributed by atoms with Crippen molar-refractivity contribution in [3.05, 3.63) is 23.8 Å². The molecule has 1 aromatic rings. The molecule has 0 spiro atoms. The highest BCUT2D eigenvalue weighted by molar-refractivity contribution is 7.99. The molecule has 0 heterocycles. The van der Waals surface area contributed by atoms with Crippen LogP contribution in [0, 0.1) is 12.8 Å². The summed E-state index contributed by atoms with van der Waals surface area (Å²) in [5.41, 5.74) is 7.75. The fourth-order valence-corrected chi connectivity index (χ4v) is 3.57. The Hall–Kier alpha value is -0.670. The van der Waals surface area contributed by atoms with Gasteiger partial charge in [-0.2, -0.15) is 0 Å². The van der Waals surface area contributed by atoms with Gasteiger partial charge < -0.3 is 10.8 Å². The summed E-state index contributed by atoms with van der Waals surface area (Å²) in [7, 11) is 0. The zero-order valence-corrected chi connectivity index (χ0v) is 11.9. The van der Waals surface area contributed by atoms with Gasteiger partial charge in [-0.1, -0.05) is 25.7 Å². The van der Waals surface area contributed by atoms with Gasteiger partial charge in [0, 0.05) is 16.3 Å². The molecule has 2 rings (SSSR count). The molecule has 2 nitrogen and oxygen atoms in total. The number of aryl methyl sites for hydroxylation is 1. The number of anilines is 1. The molecule has 0 saturated heterocycles. The predicted octanol–water partition coefficient (Wildman–Crippen LogP) is 3.61. The number of hydrogen-bond acceptors (Lipinski definition) is 3. The number of hydrogen-bond donors (Lipinski definition) is 2. The van der Waals surface area contributed by atoms with Crippen molar-refractivity contribution in [2.24, 2.45) is 5.92 Å². The zero-order valence-electron chi connectivity index (χ0n) is 11.1. The van der Waals surface area contributed by atoms with E-state index in [1.807, 2.05) is 19.1 Å². The first-order valence-electron chi connectivity index (χ1n) is 6.82. The van der Waals surface area contributed by atoms with Crippen molar-refractivity contribution in [1.82, 2.24) is 0 Å². The Morgan fingerprint density at radius 1 is 1.39 bits per heavy atom. The van der Waals surface area contributed by atoms with Crippen molar-refractivity contribution < 1.29 is 5.11 Å². The van der Waals surface area contributed by atoms with Gasteiger partial charge in [-0.3, -0.25) is 0 Å². The summed E-state index contributed by atoms with van der Waals surface area (Å²) in [5.74, 6) is 1.55. The van der Waals surface area contributed by atoms with Crippen molar-refractivity contribution in [3.8, 4) is 0 Å². The summed E-state index contributed by atoms with van der Waals surface area (Å²) in [6, 6.07) is 6.08. The second-order valence-corrected chi connectivity index (χ2v) is 6.46. The van der Waals surface area contributed by atoms with Crippen LogP contribution in [0.25, 0.3) is 0 Å². The summed E-state index contributed by atoms with van der Waals surface area (Å²) in [6.07, 6.45) is 6.12. The molecule has 1 aliphatic carbocycles. The third kappa shape index (κ3) is 3.92. The lowest BCUT2D eigenvalue weighted by Crippen LogP contribution is -2.14. The Bertz CT molecular complexity index is 388. The van der Waals surface area contributed by atoms with Crippen molar-refractivity contribution in [2.45, 2.75) is 50.0 Å². The Kier molecular flexibility index (Phi) is 4.95. The molecule has 100 valence electrons. The third-order valence-electron chi connectivity index (χ3n) is 3.76. The standard InChI is InChI=1S/C15H23NOS/c1-11-8-14(6-7-15(11)16)18-10-13(17)9-12-4-2-3-5-12/h6-8,12-13,17H,2-5,9-10,16H2,1H3. The van der Waals surface area contributed by atoms with E-state index >= 15 is 0 Å². The molecule has 1 saturated carbocycles. The van der Waals surface area contributed by atoms with Crippen molar-refractivity contribution in [3.63, 3.8) is 0 Å². The molecule has 1 aliphatic rings. The minimum Gasteiger partial charge on any atom is -0.399 e. The van der Waals surface area contributed by atoms with Gasteiger partial charge in [-0.25, -0.2) is 0 Å². The van der Waals surface area contributed by atoms with Crippen LogP contribution in [0.2, 0.25) is 0 Å². The molecule has 0 aromatic heterocycles. The molecule has 18 heavy (non-hydrogen) atoms. The van der Waals surface area contributed by atoms with Crippen LogP contribution in [0.4, 0.5) is 5.69 Å². The van der Waals surface area contributed by atoms with Crippen LogP contribution in [0.1, 0.15) is 37.7 Å². The molecule has 0 amide bonds. The molecular weight excluding hydrogens is 242 g/mol. The fourth-order valence-electron chi connectivity index (χ4n) is 2.63. The van der Waals surface area contributed by atoms with Gasteiger partial charge in [0.1, 0.15) is 0 Å². The number of aliphatic hydroxyl groups excluding tert-OH is 1. The molecule has 3 heteroatoms. The highest BCUT2D eigenvalue weighted by atomic mass is 32.2. The third-order valence-corrected chi connectivity index (χ3v) is 4.90. The summed E-state index contributed by atoms with van der Waals surface area (Å²) in [5, 5.41) is 10.0. The first-order chi connectivity index (χ1) is 8.65. The molecule has 1 atom stereocenters. The summed E-state index contributed by atoms with van der Waals surface area (Å²) >= 11 is 1.73. The number of nitrogen functional groups attached to an aromatic ring is 1. The molecule has 1 unspecified atom stereocenters. The van der Waals surface area contributed by atoms with Crippen molar-refractivity contribution >= 4 is 17.4 Å². The highest BCUT2D eigenvalue weighted by Crippen LogP contribution is 2.30. The minimum atomic E-state index is -0.170. The van der Waals surface area contributed by atoms with Crippen molar-refractivity contribution in [1.29, 1.82) is 0 Å². The number of nitrogens with two attached hydrogens (primary N) is 1. The van der Waals surface area contributed by atoms with Gasteiger partial charge in [-0.15, -0.1) is 11.8 Å². The van der Waals surface area contributed by atoms with E-state index < -0.39 is 0 Å². The zero-order chi connectivity index (χ0) is 13.0. The lowest BCUT2D eigenvalue weighted by Gasteiger charge is -2.15. The molecule has 0 aliphatic heterocycles. The van der Waals surface area contributed by atoms with E-state index in [-0.39, 0.29) is 6.10 Å². The number of aliphatic hydroxyl groups is 1. The van der Waals surface area contributed by atoms with Crippen LogP contribution in [0.3, 0.4) is 0 Å². The van der Waals surface area contributed by atoms with E-state index in [2.05, 4.69) is 6.07 Å². The Labute approximate surface area is 114 Å². The lowest BCUT2D eigenvalue weighted by molar-refractivity contribution is 0.166. The van der Waals surface area contributed by atoms with Crippen LogP contribution >= 0.6 is 11.8 Å². The maximum atomic E-state index is 10.0. The second kappa shape index (κ2) is 6.48. The molecule has 1 fully saturated rings. The number of rotatable bonds is 5. The number of thioether (sulfide) groups is 1. The van der Waals surface area contributed by atoms with E-state index in [0.29, 0.717) is 0 Å². The van der Waals surface area contributed by atoms with Crippen LogP contribution in [-0.2, 0) is 0 Å². The van der Waals surface area contributed by atoms with E-state index in [0.717, 1.165) is 29.3 Å². The molecule has 1 aromatic carbocycles. The van der Waals surface area contributed by atoms with Gasteiger partial charge in [0.15, 0.2) is 0 Å². The Morgan fingerprint density at radius 3 is 2.78 bits per heavy atom. The summed E-state index contributed by atoms with van der Waals surface area (Å²) in [4.78, 5) is 1.20. The topological polar surface area (TPSA) is 46.2 Å². The van der Waals surface area contributed by atoms with Crippen LogP contribution in [-0.4, -0.2) is 17.0 Å². The van der Waals surface area contributed by atoms with E-state index in [1.165, 1.54) is 30.6 Å². The van der Waals surface area contributed by atoms with Gasteiger partial charge in [-0.05, 0) is 43.0 Å². The van der Waals surface area contributed by atoms with Gasteiger partial charge in [0.25, 0.3) is 0 Å². The molecule has 0 radical (unpaired) electrons. The predicted molar refractivity (Wildman–Crippen MR) is 78.9 cm³/mol. The van der Waals surface area contributed by atoms with Crippen LogP contribution in [0.15, 0.2) is 23.1 Å². The fraction of sp³-hybridized carbons (Fsp3) is 0.600. The summed E-state index contributed by atoms with van der Waals surface area (Å²) in [6.45, 7) is 2.02.